The smallest absolute Gasteiger partial charge is 0.466 e. The van der Waals surface area contributed by atoms with Crippen LogP contribution < -0.4 is 0 Å². The first kappa shape index (κ1) is 19.4. The quantitative estimate of drug-likeness (QED) is 0.552. The molecule has 25 heavy (non-hydrogen) atoms. The summed E-state index contributed by atoms with van der Waals surface area (Å²) in [5.41, 5.74) is -1.22. The van der Waals surface area contributed by atoms with Gasteiger partial charge < -0.3 is 29.4 Å². The Hall–Kier alpha value is -1.93. The van der Waals surface area contributed by atoms with Crippen molar-refractivity contribution >= 4 is 13.1 Å². The summed E-state index contributed by atoms with van der Waals surface area (Å²) in [5, 5.41) is 30.0. The molecule has 8 heteroatoms. The summed E-state index contributed by atoms with van der Waals surface area (Å²) in [5.74, 6) is -2.29. The van der Waals surface area contributed by atoms with Crippen LogP contribution in [0.15, 0.2) is 12.1 Å². The second-order valence-corrected chi connectivity index (χ2v) is 7.14. The molecular formula is C17H25BO7. The lowest BCUT2D eigenvalue weighted by molar-refractivity contribution is -0.143. The normalized spacial score (nSPS) is 19.6. The lowest BCUT2D eigenvalue weighted by Crippen LogP contribution is -2.41. The molecule has 0 aliphatic carbocycles. The second kappa shape index (κ2) is 6.76. The van der Waals surface area contributed by atoms with Crippen molar-refractivity contribution in [2.75, 3.05) is 6.61 Å². The molecule has 1 aromatic rings. The molecule has 138 valence electrons. The molecule has 0 spiro atoms. The molecule has 1 unspecified atom stereocenters. The summed E-state index contributed by atoms with van der Waals surface area (Å²) in [7, 11) is -0.879. The monoisotopic (exact) mass is 352 g/mol. The van der Waals surface area contributed by atoms with E-state index in [9.17, 15) is 20.1 Å². The fraction of sp³-hybridized carbons (Fsp3) is 0.588. The van der Waals surface area contributed by atoms with E-state index in [-0.39, 0.29) is 35.8 Å². The van der Waals surface area contributed by atoms with Gasteiger partial charge in [-0.3, -0.25) is 4.79 Å². The van der Waals surface area contributed by atoms with Crippen molar-refractivity contribution in [2.45, 2.75) is 58.1 Å². The van der Waals surface area contributed by atoms with Crippen LogP contribution >= 0.6 is 0 Å². The van der Waals surface area contributed by atoms with Crippen LogP contribution in [-0.4, -0.2) is 46.2 Å². The largest absolute Gasteiger partial charge is 0.508 e. The van der Waals surface area contributed by atoms with E-state index in [2.05, 4.69) is 0 Å². The highest BCUT2D eigenvalue weighted by molar-refractivity contribution is 6.48. The number of phenolic OH excluding ortho intramolecular Hbond substituents is 3. The molecule has 1 fully saturated rings. The Bertz CT molecular complexity index is 617. The minimum atomic E-state index is -0.879. The highest BCUT2D eigenvalue weighted by Gasteiger charge is 2.55. The van der Waals surface area contributed by atoms with Crippen molar-refractivity contribution < 1.29 is 34.2 Å². The Morgan fingerprint density at radius 1 is 1.12 bits per heavy atom. The Morgan fingerprint density at radius 3 is 2.04 bits per heavy atom. The number of carbonyl (C=O) groups excluding carboxylic acids is 1. The maximum absolute atomic E-state index is 12.0. The van der Waals surface area contributed by atoms with E-state index in [1.807, 2.05) is 27.7 Å². The van der Waals surface area contributed by atoms with Crippen molar-refractivity contribution in [3.63, 3.8) is 0 Å². The highest BCUT2D eigenvalue weighted by Crippen LogP contribution is 2.46. The molecule has 0 radical (unpaired) electrons. The van der Waals surface area contributed by atoms with E-state index in [1.54, 1.807) is 6.92 Å². The zero-order valence-electron chi connectivity index (χ0n) is 15.2. The third-order valence-electron chi connectivity index (χ3n) is 4.78. The maximum atomic E-state index is 12.0. The van der Waals surface area contributed by atoms with Crippen LogP contribution in [0.3, 0.4) is 0 Å². The highest BCUT2D eigenvalue weighted by atomic mass is 16.7. The van der Waals surface area contributed by atoms with Crippen LogP contribution in [0.25, 0.3) is 0 Å². The molecule has 1 aromatic carbocycles. The number of aromatic hydroxyl groups is 3. The fourth-order valence-corrected chi connectivity index (χ4v) is 2.78. The molecule has 0 aromatic heterocycles. The lowest BCUT2D eigenvalue weighted by atomic mass is 9.65. The summed E-state index contributed by atoms with van der Waals surface area (Å²) < 4.78 is 17.0. The van der Waals surface area contributed by atoms with Gasteiger partial charge in [0.2, 0.25) is 0 Å². The van der Waals surface area contributed by atoms with Gasteiger partial charge in [0.1, 0.15) is 17.2 Å². The van der Waals surface area contributed by atoms with Crippen LogP contribution in [0, 0.1) is 0 Å². The van der Waals surface area contributed by atoms with Crippen LogP contribution in [-0.2, 0) is 18.8 Å². The van der Waals surface area contributed by atoms with E-state index < -0.39 is 30.1 Å². The molecule has 1 atom stereocenters. The number of hydrogen-bond donors (Lipinski definition) is 3. The minimum Gasteiger partial charge on any atom is -0.508 e. The standard InChI is InChI=1S/C17H25BO7/c1-6-23-14(22)9-11(15-12(20)7-10(19)8-13(15)21)18-24-16(2,3)17(4,5)25-18/h7-8,11,19-21H,6,9H2,1-5H3. The molecular weight excluding hydrogens is 327 g/mol. The number of phenols is 3. The van der Waals surface area contributed by atoms with Gasteiger partial charge in [0.25, 0.3) is 0 Å². The molecule has 1 saturated heterocycles. The van der Waals surface area contributed by atoms with Crippen LogP contribution in [0.4, 0.5) is 0 Å². The number of esters is 1. The molecule has 1 aliphatic heterocycles. The molecule has 0 bridgehead atoms. The minimum absolute atomic E-state index is 0.0735. The van der Waals surface area contributed by atoms with Crippen molar-refractivity contribution in [2.24, 2.45) is 0 Å². The van der Waals surface area contributed by atoms with Gasteiger partial charge >= 0.3 is 13.1 Å². The Labute approximate surface area is 147 Å². The maximum Gasteiger partial charge on any atom is 0.466 e. The zero-order chi connectivity index (χ0) is 19.0. The van der Waals surface area contributed by atoms with Gasteiger partial charge in [-0.1, -0.05) is 0 Å². The van der Waals surface area contributed by atoms with E-state index >= 15 is 0 Å². The topological polar surface area (TPSA) is 105 Å². The third kappa shape index (κ3) is 3.85. The van der Waals surface area contributed by atoms with Gasteiger partial charge in [0.15, 0.2) is 0 Å². The summed E-state index contributed by atoms with van der Waals surface area (Å²) in [4.78, 5) is 12.0. The van der Waals surface area contributed by atoms with Gasteiger partial charge in [-0.15, -0.1) is 0 Å². The second-order valence-electron chi connectivity index (χ2n) is 7.14. The van der Waals surface area contributed by atoms with Gasteiger partial charge in [-0.25, -0.2) is 0 Å². The summed E-state index contributed by atoms with van der Waals surface area (Å²) in [6.07, 6.45) is -0.156. The predicted octanol–water partition coefficient (Wildman–Crippen LogP) is 2.47. The van der Waals surface area contributed by atoms with Crippen molar-refractivity contribution in [1.29, 1.82) is 0 Å². The van der Waals surface area contributed by atoms with Gasteiger partial charge in [-0.05, 0) is 34.6 Å². The first-order valence-corrected chi connectivity index (χ1v) is 8.24. The van der Waals surface area contributed by atoms with Crippen LogP contribution in [0.5, 0.6) is 17.2 Å². The van der Waals surface area contributed by atoms with Gasteiger partial charge in [0.05, 0.1) is 24.2 Å². The zero-order valence-corrected chi connectivity index (χ0v) is 15.2. The van der Waals surface area contributed by atoms with Crippen LogP contribution in [0.1, 0.15) is 52.4 Å². The number of rotatable bonds is 5. The van der Waals surface area contributed by atoms with Gasteiger partial charge in [-0.2, -0.15) is 0 Å². The number of benzene rings is 1. The first-order chi connectivity index (χ1) is 11.5. The fourth-order valence-electron chi connectivity index (χ4n) is 2.78. The SMILES string of the molecule is CCOC(=O)CC(B1OC(C)(C)C(C)(C)O1)c1c(O)cc(O)cc1O. The first-order valence-electron chi connectivity index (χ1n) is 8.24. The average Bonchev–Trinajstić information content (AvgIpc) is 2.65. The molecule has 1 heterocycles. The molecule has 2 rings (SSSR count). The summed E-state index contributed by atoms with van der Waals surface area (Å²) >= 11 is 0. The van der Waals surface area contributed by atoms with E-state index in [4.69, 9.17) is 14.0 Å². The van der Waals surface area contributed by atoms with Crippen molar-refractivity contribution in [3.8, 4) is 17.2 Å². The number of ether oxygens (including phenoxy) is 1. The number of carbonyl (C=O) groups is 1. The van der Waals surface area contributed by atoms with E-state index in [0.717, 1.165) is 12.1 Å². The average molecular weight is 352 g/mol. The van der Waals surface area contributed by atoms with Gasteiger partial charge in [0, 0.05) is 23.5 Å². The Balaban J connectivity index is 2.44. The molecule has 1 aliphatic rings. The Kier molecular flexibility index (Phi) is 5.25. The molecule has 3 N–H and O–H groups in total. The molecule has 7 nitrogen and oxygen atoms in total. The van der Waals surface area contributed by atoms with Crippen molar-refractivity contribution in [3.05, 3.63) is 17.7 Å². The number of hydrogen-bond acceptors (Lipinski definition) is 7. The summed E-state index contributed by atoms with van der Waals surface area (Å²) in [6.45, 7) is 9.37. The molecule has 0 amide bonds. The summed E-state index contributed by atoms with van der Waals surface area (Å²) in [6, 6.07) is 2.19. The van der Waals surface area contributed by atoms with E-state index in [0.29, 0.717) is 0 Å². The Morgan fingerprint density at radius 2 is 1.60 bits per heavy atom. The third-order valence-corrected chi connectivity index (χ3v) is 4.78. The van der Waals surface area contributed by atoms with Crippen molar-refractivity contribution in [1.82, 2.24) is 0 Å². The predicted molar refractivity (Wildman–Crippen MR) is 91.5 cm³/mol. The van der Waals surface area contributed by atoms with E-state index in [1.165, 1.54) is 0 Å². The lowest BCUT2D eigenvalue weighted by Gasteiger charge is -2.32. The molecule has 0 saturated carbocycles. The van der Waals surface area contributed by atoms with Crippen LogP contribution in [0.2, 0.25) is 0 Å².